The second-order valence-corrected chi connectivity index (χ2v) is 50.3. The van der Waals surface area contributed by atoms with Gasteiger partial charge >= 0.3 is 46.8 Å². The number of allylic oxidation sites excluding steroid dienone is 15. The van der Waals surface area contributed by atoms with Crippen LogP contribution in [0.4, 0.5) is 26.3 Å². The molecule has 0 amide bonds. The average molecular weight is 2050 g/mol. The van der Waals surface area contributed by atoms with E-state index in [0.717, 1.165) is 150 Å². The molecule has 39 heteroatoms. The highest BCUT2D eigenvalue weighted by Crippen LogP contribution is 2.55. The predicted octanol–water partition coefficient (Wildman–Crippen LogP) is 18.0. The second kappa shape index (κ2) is 44.4. The molecule has 0 bridgehead atoms. The maximum atomic E-state index is 14.5. The summed E-state index contributed by atoms with van der Waals surface area (Å²) < 4.78 is 202. The first kappa shape index (κ1) is 112. The highest BCUT2D eigenvalue weighted by atomic mass is 32.2. The molecule has 12 rings (SSSR count). The summed E-state index contributed by atoms with van der Waals surface area (Å²) in [6.45, 7) is 48.2. The van der Waals surface area contributed by atoms with Gasteiger partial charge in [0.25, 0.3) is 31.1 Å². The zero-order chi connectivity index (χ0) is 106. The number of carbonyl (C=O) groups excluding carboxylic acids is 6. The third-order valence-electron chi connectivity index (χ3n) is 28.9. The normalized spacial score (nSPS) is 23.6. The van der Waals surface area contributed by atoms with Crippen molar-refractivity contribution in [1.82, 2.24) is 29.4 Å². The number of nitrogens with zero attached hydrogens (tertiary/aromatic N) is 12. The van der Waals surface area contributed by atoms with Crippen molar-refractivity contribution in [1.29, 1.82) is 21.0 Å². The van der Waals surface area contributed by atoms with Gasteiger partial charge in [0.1, 0.15) is 82.8 Å². The van der Waals surface area contributed by atoms with Gasteiger partial charge in [-0.25, -0.2) is 54.1 Å². The molecule has 0 saturated carbocycles. The van der Waals surface area contributed by atoms with Gasteiger partial charge in [-0.1, -0.05) is 83.1 Å². The fraction of sp³-hybridized carbons (Fsp3) is 0.654. The number of esters is 6. The molecule has 0 aromatic rings. The Labute approximate surface area is 837 Å². The SMILES string of the molecule is [C-]#[N+]/C(C(=O)OCC(COC(=O)/C(C#N)=C1\CC(C)(C)CC(N2CCCC2)=C1C)COC(=O)/C(C#N)=C1\CC(C)(C)CC(N2CCCC2)=C1C)=C1/CC(C)(C)CC(N2CCCC2)=C1C.[C-]#[N+]/C(C(=O)OCC(COC(=O)/C(C#N)=C1\CC(C)(C)CC(N2CCCC2)=C1S(=O)(=O)C(F)(F)F)COC(=O)/C(C#N)=C1\CC(C)(C)CC(N2CCCC2)=C1S(=O)(=O)C(F)(F)F)=C1/CC(C)(C)CC(N2CCCC2)=C1S(C)(=O)=O. The molecule has 0 spiro atoms. The zero-order valence-corrected chi connectivity index (χ0v) is 87.5. The number of hydrogen-bond donors (Lipinski definition) is 0. The number of hydrogen-bond acceptors (Lipinski definition) is 28. The first-order chi connectivity index (χ1) is 66.7. The predicted molar refractivity (Wildman–Crippen MR) is 517 cm³/mol. The summed E-state index contributed by atoms with van der Waals surface area (Å²) in [5, 5.41) is 41.8. The van der Waals surface area contributed by atoms with Crippen molar-refractivity contribution in [3.63, 3.8) is 0 Å². The van der Waals surface area contributed by atoms with Crippen LogP contribution >= 0.6 is 0 Å². The smallest absolute Gasteiger partial charge is 0.470 e. The molecule has 0 radical (unpaired) electrons. The molecule has 0 aromatic carbocycles. The molecule has 6 aliphatic carbocycles. The van der Waals surface area contributed by atoms with E-state index in [1.165, 1.54) is 21.9 Å². The monoisotopic (exact) mass is 2050 g/mol. The molecule has 6 heterocycles. The van der Waals surface area contributed by atoms with Crippen LogP contribution in [-0.4, -0.2) is 226 Å². The topological polar surface area (TPSA) is 384 Å². The average Bonchev–Trinajstić information content (AvgIpc) is 1.60. The van der Waals surface area contributed by atoms with Gasteiger partial charge in [-0.15, -0.1) is 0 Å². The minimum absolute atomic E-state index is 0.0711. The Balaban J connectivity index is 0.000000279. The first-order valence-corrected chi connectivity index (χ1v) is 54.0. The molecule has 30 nitrogen and oxygen atoms in total. The van der Waals surface area contributed by atoms with E-state index < -0.39 is 175 Å². The van der Waals surface area contributed by atoms with E-state index in [2.05, 4.69) is 78.1 Å². The Bertz CT molecular complexity index is 5750. The second-order valence-electron chi connectivity index (χ2n) is 44.5. The highest BCUT2D eigenvalue weighted by molar-refractivity contribution is 7.96. The quantitative estimate of drug-likeness (QED) is 0.0184. The molecule has 0 N–H and O–H groups in total. The van der Waals surface area contributed by atoms with Crippen molar-refractivity contribution in [2.45, 2.75) is 269 Å². The number of nitriles is 4. The zero-order valence-electron chi connectivity index (χ0n) is 85.1. The number of rotatable bonds is 27. The molecule has 0 aromatic heterocycles. The Morgan fingerprint density at radius 1 is 0.315 bits per heavy atom. The van der Waals surface area contributed by atoms with Gasteiger partial charge in [0.05, 0.1) is 43.1 Å². The molecule has 12 aliphatic rings. The van der Waals surface area contributed by atoms with Gasteiger partial charge in [-0.2, -0.15) is 47.4 Å². The summed E-state index contributed by atoms with van der Waals surface area (Å²) in [6.07, 6.45) is 13.9. The third-order valence-corrected chi connectivity index (χ3v) is 33.4. The Kier molecular flexibility index (Phi) is 34.9. The molecule has 0 unspecified atom stereocenters. The molecule has 6 aliphatic heterocycles. The van der Waals surface area contributed by atoms with Crippen molar-refractivity contribution < 1.29 is 109 Å². The number of ether oxygens (including phenoxy) is 6. The molecule has 6 saturated heterocycles. The van der Waals surface area contributed by atoms with E-state index >= 15 is 0 Å². The maximum Gasteiger partial charge on any atom is 0.501 e. The van der Waals surface area contributed by atoms with Crippen molar-refractivity contribution in [2.75, 3.05) is 124 Å². The van der Waals surface area contributed by atoms with E-state index in [1.807, 2.05) is 25.7 Å². The van der Waals surface area contributed by atoms with Gasteiger partial charge < -0.3 is 57.8 Å². The lowest BCUT2D eigenvalue weighted by molar-refractivity contribution is -0.150. The number of sulfone groups is 3. The largest absolute Gasteiger partial charge is 0.501 e. The van der Waals surface area contributed by atoms with E-state index in [4.69, 9.17) is 41.6 Å². The third kappa shape index (κ3) is 26.0. The van der Waals surface area contributed by atoms with E-state index in [9.17, 15) is 101 Å². The van der Waals surface area contributed by atoms with Gasteiger partial charge in [0.2, 0.25) is 0 Å². The summed E-state index contributed by atoms with van der Waals surface area (Å²) in [7, 11) is -16.6. The van der Waals surface area contributed by atoms with Crippen LogP contribution in [0.2, 0.25) is 0 Å². The lowest BCUT2D eigenvalue weighted by atomic mass is 9.72. The van der Waals surface area contributed by atoms with Crippen LogP contribution in [0.25, 0.3) is 9.69 Å². The van der Waals surface area contributed by atoms with Crippen molar-refractivity contribution in [3.8, 4) is 24.3 Å². The summed E-state index contributed by atoms with van der Waals surface area (Å²) in [5.74, 6) is -9.70. The number of carbonyl (C=O) groups is 6. The summed E-state index contributed by atoms with van der Waals surface area (Å²) in [6, 6.07) is 7.28. The summed E-state index contributed by atoms with van der Waals surface area (Å²) >= 11 is 0. The number of alkyl halides is 6. The lowest BCUT2D eigenvalue weighted by Crippen LogP contribution is -2.37. The van der Waals surface area contributed by atoms with Crippen LogP contribution in [0.15, 0.2) is 133 Å². The molecule has 143 heavy (non-hydrogen) atoms. The minimum atomic E-state index is -6.25. The number of likely N-dealkylation sites (tertiary alicyclic amines) is 6. The fourth-order valence-electron chi connectivity index (χ4n) is 22.0. The van der Waals surface area contributed by atoms with Crippen molar-refractivity contribution in [2.24, 2.45) is 44.3 Å². The van der Waals surface area contributed by atoms with Crippen LogP contribution in [0.5, 0.6) is 0 Å². The molecular weight excluding hydrogens is 1920 g/mol. The van der Waals surface area contributed by atoms with Crippen LogP contribution in [0, 0.1) is 103 Å². The first-order valence-electron chi connectivity index (χ1n) is 49.1. The molecule has 6 fully saturated rings. The standard InChI is InChI=1S/C52H64F6N6O12S3.C52H70N6O6/c1-48(2)21-33(43(78(70,71)51(53,54)55)39(25-48)63-17-11-12-18-63)36(27-59)45(65)74-29-32(31-76-47(67)41(61-7)35-23-50(5,6)24-38(42(35)77(8,68)69)62-15-9-10-16-62)30-75-46(66)37(28-60)34-22-49(3,4)26-40(64-19-13-14-20-64)44(34)79(72,73)52(56,57)58;1-34-38(23-50(4,5)26-43(34)56-17-11-12-18-56)41(29-53)47(59)62-31-37(32-63-48(60)42(30-54)39-24-51(6,7)27-44(35(39)2)57-19-13-14-20-57)33-64-49(61)46(55-10)40-25-52(8,9)28-45(36(40)3)58-21-15-16-22-58/h32H,9-26,29-31H2,1-6,8H3;37H,11-28,31-33H2,1-9H3/b36-33+,37-34+,41-35-;41-38+,42-39+,46-40-. The fourth-order valence-corrected chi connectivity index (χ4v) is 25.8. The van der Waals surface area contributed by atoms with E-state index in [1.54, 1.807) is 41.5 Å². The Hall–Kier alpha value is -11.1. The number of halogens is 6. The van der Waals surface area contributed by atoms with Gasteiger partial charge in [0.15, 0.2) is 9.84 Å². The van der Waals surface area contributed by atoms with Crippen molar-refractivity contribution >= 4 is 65.3 Å². The highest BCUT2D eigenvalue weighted by Gasteiger charge is 2.57. The van der Waals surface area contributed by atoms with Gasteiger partial charge in [-0.3, -0.25) is 9.59 Å². The lowest BCUT2D eigenvalue weighted by Gasteiger charge is -2.39. The maximum absolute atomic E-state index is 14.5. The van der Waals surface area contributed by atoms with Crippen molar-refractivity contribution in [3.05, 3.63) is 156 Å². The van der Waals surface area contributed by atoms with Gasteiger partial charge in [0, 0.05) is 119 Å². The summed E-state index contributed by atoms with van der Waals surface area (Å²) in [4.78, 5) is 100. The molecule has 778 valence electrons. The molecular formula is C104H134F6N12O18S3. The van der Waals surface area contributed by atoms with Crippen LogP contribution in [0.1, 0.15) is 258 Å². The van der Waals surface area contributed by atoms with E-state index in [0.29, 0.717) is 80.5 Å². The van der Waals surface area contributed by atoms with Gasteiger partial charge in [-0.05, 0) is 258 Å². The van der Waals surface area contributed by atoms with Crippen LogP contribution in [-0.2, 0) is 86.7 Å². The van der Waals surface area contributed by atoms with Crippen LogP contribution < -0.4 is 0 Å². The minimum Gasteiger partial charge on any atom is -0.470 e. The Morgan fingerprint density at radius 2 is 0.503 bits per heavy atom. The van der Waals surface area contributed by atoms with Crippen LogP contribution in [0.3, 0.4) is 0 Å². The summed E-state index contributed by atoms with van der Waals surface area (Å²) in [5.41, 5.74) is -12.0. The van der Waals surface area contributed by atoms with E-state index in [-0.39, 0.29) is 127 Å². The molecule has 0 atom stereocenters. The Morgan fingerprint density at radius 3 is 0.734 bits per heavy atom.